The normalized spacial score (nSPS) is 10.8. The standard InChI is InChI=1S/C19H13Cl2N3O2/c20-14-8-9-16(21)17(10-14)23-18(25)19(26)24-22-11-13-6-3-5-12-4-1-2-7-15(12)13/h1-11H,(H,23,25)(H,24,26)/b22-11+. The van der Waals surface area contributed by atoms with Gasteiger partial charge in [-0.1, -0.05) is 65.7 Å². The van der Waals surface area contributed by atoms with Crippen LogP contribution in [0.2, 0.25) is 10.0 Å². The van der Waals surface area contributed by atoms with Gasteiger partial charge in [-0.2, -0.15) is 5.10 Å². The van der Waals surface area contributed by atoms with Crippen molar-refractivity contribution in [2.45, 2.75) is 0 Å². The van der Waals surface area contributed by atoms with Crippen molar-refractivity contribution in [2.24, 2.45) is 5.10 Å². The number of carbonyl (C=O) groups is 2. The van der Waals surface area contributed by atoms with E-state index in [4.69, 9.17) is 23.2 Å². The zero-order valence-electron chi connectivity index (χ0n) is 13.4. The van der Waals surface area contributed by atoms with E-state index in [0.29, 0.717) is 5.02 Å². The summed E-state index contributed by atoms with van der Waals surface area (Å²) in [5.41, 5.74) is 3.26. The first kappa shape index (κ1) is 17.9. The predicted octanol–water partition coefficient (Wildman–Crippen LogP) is 4.24. The summed E-state index contributed by atoms with van der Waals surface area (Å²) in [5.74, 6) is -1.82. The molecule has 0 heterocycles. The summed E-state index contributed by atoms with van der Waals surface area (Å²) in [6.45, 7) is 0. The molecule has 0 atom stereocenters. The third-order valence-corrected chi connectivity index (χ3v) is 4.14. The molecule has 0 unspecified atom stereocenters. The van der Waals surface area contributed by atoms with Gasteiger partial charge in [-0.25, -0.2) is 5.43 Å². The monoisotopic (exact) mass is 385 g/mol. The van der Waals surface area contributed by atoms with Crippen molar-refractivity contribution in [2.75, 3.05) is 5.32 Å². The molecule has 5 nitrogen and oxygen atoms in total. The summed E-state index contributed by atoms with van der Waals surface area (Å²) in [6, 6.07) is 18.1. The number of anilines is 1. The fourth-order valence-corrected chi connectivity index (χ4v) is 2.68. The lowest BCUT2D eigenvalue weighted by atomic mass is 10.1. The molecule has 26 heavy (non-hydrogen) atoms. The molecule has 2 amide bonds. The number of hydrogen-bond donors (Lipinski definition) is 2. The van der Waals surface area contributed by atoms with E-state index in [1.807, 2.05) is 42.5 Å². The van der Waals surface area contributed by atoms with Gasteiger partial charge in [0.1, 0.15) is 0 Å². The molecule has 0 radical (unpaired) electrons. The molecule has 2 N–H and O–H groups in total. The summed E-state index contributed by atoms with van der Waals surface area (Å²) in [7, 11) is 0. The molecule has 0 bridgehead atoms. The van der Waals surface area contributed by atoms with Crippen molar-refractivity contribution in [1.82, 2.24) is 5.43 Å². The molecule has 0 saturated heterocycles. The zero-order chi connectivity index (χ0) is 18.5. The van der Waals surface area contributed by atoms with Crippen molar-refractivity contribution < 1.29 is 9.59 Å². The molecule has 0 aliphatic rings. The van der Waals surface area contributed by atoms with Crippen LogP contribution in [0.1, 0.15) is 5.56 Å². The molecule has 0 saturated carbocycles. The van der Waals surface area contributed by atoms with E-state index in [2.05, 4.69) is 15.8 Å². The lowest BCUT2D eigenvalue weighted by molar-refractivity contribution is -0.136. The van der Waals surface area contributed by atoms with Gasteiger partial charge in [-0.15, -0.1) is 0 Å². The lowest BCUT2D eigenvalue weighted by Crippen LogP contribution is -2.32. The smallest absolute Gasteiger partial charge is 0.316 e. The molecule has 3 aromatic rings. The van der Waals surface area contributed by atoms with Crippen molar-refractivity contribution in [3.05, 3.63) is 76.3 Å². The molecular weight excluding hydrogens is 373 g/mol. The Kier molecular flexibility index (Phi) is 5.51. The van der Waals surface area contributed by atoms with Gasteiger partial charge >= 0.3 is 11.8 Å². The summed E-state index contributed by atoms with van der Waals surface area (Å²) in [6.07, 6.45) is 1.49. The number of fused-ring (bicyclic) bond motifs is 1. The zero-order valence-corrected chi connectivity index (χ0v) is 14.9. The van der Waals surface area contributed by atoms with Crippen LogP contribution in [-0.4, -0.2) is 18.0 Å². The fraction of sp³-hybridized carbons (Fsp3) is 0. The Bertz CT molecular complexity index is 1010. The highest BCUT2D eigenvalue weighted by atomic mass is 35.5. The Morgan fingerprint density at radius 3 is 2.54 bits per heavy atom. The van der Waals surface area contributed by atoms with Gasteiger partial charge < -0.3 is 5.32 Å². The summed E-state index contributed by atoms with van der Waals surface area (Å²) in [5, 5.41) is 8.94. The number of nitrogens with zero attached hydrogens (tertiary/aromatic N) is 1. The largest absolute Gasteiger partial charge is 0.329 e. The Morgan fingerprint density at radius 2 is 1.69 bits per heavy atom. The van der Waals surface area contributed by atoms with Crippen LogP contribution < -0.4 is 10.7 Å². The molecule has 3 aromatic carbocycles. The minimum atomic E-state index is -0.919. The number of hydrazone groups is 1. The number of halogens is 2. The molecule has 0 aliphatic heterocycles. The maximum Gasteiger partial charge on any atom is 0.329 e. The van der Waals surface area contributed by atoms with E-state index in [0.717, 1.165) is 16.3 Å². The maximum absolute atomic E-state index is 11.9. The van der Waals surface area contributed by atoms with Gasteiger partial charge in [-0.3, -0.25) is 9.59 Å². The second-order valence-electron chi connectivity index (χ2n) is 5.35. The molecule has 0 aromatic heterocycles. The van der Waals surface area contributed by atoms with Crippen LogP contribution in [-0.2, 0) is 9.59 Å². The molecule has 0 spiro atoms. The van der Waals surface area contributed by atoms with Crippen molar-refractivity contribution in [1.29, 1.82) is 0 Å². The Morgan fingerprint density at radius 1 is 0.923 bits per heavy atom. The quantitative estimate of drug-likeness (QED) is 0.402. The van der Waals surface area contributed by atoms with Crippen molar-refractivity contribution >= 4 is 57.7 Å². The molecule has 3 rings (SSSR count). The molecule has 130 valence electrons. The summed E-state index contributed by atoms with van der Waals surface area (Å²) in [4.78, 5) is 23.8. The average molecular weight is 386 g/mol. The van der Waals surface area contributed by atoms with Crippen LogP contribution >= 0.6 is 23.2 Å². The highest BCUT2D eigenvalue weighted by Gasteiger charge is 2.14. The van der Waals surface area contributed by atoms with Crippen LogP contribution in [0.3, 0.4) is 0 Å². The highest BCUT2D eigenvalue weighted by molar-refractivity contribution is 6.42. The Hall–Kier alpha value is -2.89. The van der Waals surface area contributed by atoms with Gasteiger partial charge in [0, 0.05) is 10.6 Å². The van der Waals surface area contributed by atoms with Gasteiger partial charge in [0.15, 0.2) is 0 Å². The van der Waals surface area contributed by atoms with Crippen LogP contribution in [0, 0.1) is 0 Å². The third kappa shape index (κ3) is 4.20. The molecular formula is C19H13Cl2N3O2. The Balaban J connectivity index is 1.67. The van der Waals surface area contributed by atoms with Crippen molar-refractivity contribution in [3.63, 3.8) is 0 Å². The molecule has 0 fully saturated rings. The number of carbonyl (C=O) groups excluding carboxylic acids is 2. The molecule has 7 heteroatoms. The minimum absolute atomic E-state index is 0.248. The van der Waals surface area contributed by atoms with E-state index < -0.39 is 11.8 Å². The Labute approximate surface area is 159 Å². The average Bonchev–Trinajstić information content (AvgIpc) is 2.64. The second kappa shape index (κ2) is 7.99. The van der Waals surface area contributed by atoms with Gasteiger partial charge in [0.2, 0.25) is 0 Å². The van der Waals surface area contributed by atoms with Crippen LogP contribution in [0.4, 0.5) is 5.69 Å². The third-order valence-electron chi connectivity index (χ3n) is 3.58. The SMILES string of the molecule is O=C(N/N=C/c1cccc2ccccc12)C(=O)Nc1cc(Cl)ccc1Cl. The van der Waals surface area contributed by atoms with Crippen LogP contribution in [0.15, 0.2) is 65.8 Å². The number of amides is 2. The minimum Gasteiger partial charge on any atom is -0.316 e. The predicted molar refractivity (Wildman–Crippen MR) is 105 cm³/mol. The number of rotatable bonds is 3. The van der Waals surface area contributed by atoms with E-state index in [1.54, 1.807) is 6.07 Å². The number of nitrogens with one attached hydrogen (secondary N) is 2. The highest BCUT2D eigenvalue weighted by Crippen LogP contribution is 2.25. The lowest BCUT2D eigenvalue weighted by Gasteiger charge is -2.06. The van der Waals surface area contributed by atoms with Gasteiger partial charge in [-0.05, 0) is 29.0 Å². The second-order valence-corrected chi connectivity index (χ2v) is 6.19. The first-order chi connectivity index (χ1) is 12.5. The van der Waals surface area contributed by atoms with E-state index in [1.165, 1.54) is 18.3 Å². The molecule has 0 aliphatic carbocycles. The first-order valence-electron chi connectivity index (χ1n) is 7.62. The summed E-state index contributed by atoms with van der Waals surface area (Å²) >= 11 is 11.8. The van der Waals surface area contributed by atoms with E-state index in [9.17, 15) is 9.59 Å². The first-order valence-corrected chi connectivity index (χ1v) is 8.37. The van der Waals surface area contributed by atoms with E-state index in [-0.39, 0.29) is 10.7 Å². The van der Waals surface area contributed by atoms with Crippen LogP contribution in [0.25, 0.3) is 10.8 Å². The van der Waals surface area contributed by atoms with Crippen LogP contribution in [0.5, 0.6) is 0 Å². The number of benzene rings is 3. The van der Waals surface area contributed by atoms with Crippen molar-refractivity contribution in [3.8, 4) is 0 Å². The van der Waals surface area contributed by atoms with Gasteiger partial charge in [0.25, 0.3) is 0 Å². The fourth-order valence-electron chi connectivity index (χ4n) is 2.35. The van der Waals surface area contributed by atoms with Gasteiger partial charge in [0.05, 0.1) is 16.9 Å². The summed E-state index contributed by atoms with van der Waals surface area (Å²) < 4.78 is 0. The maximum atomic E-state index is 11.9. The topological polar surface area (TPSA) is 70.6 Å². The number of hydrogen-bond acceptors (Lipinski definition) is 3. The van der Waals surface area contributed by atoms with E-state index >= 15 is 0 Å².